The Labute approximate surface area is 107 Å². The van der Waals surface area contributed by atoms with Crippen LogP contribution in [0.15, 0.2) is 24.3 Å². The molecule has 0 radical (unpaired) electrons. The van der Waals surface area contributed by atoms with Crippen molar-refractivity contribution in [3.63, 3.8) is 0 Å². The smallest absolute Gasteiger partial charge is 0.325 e. The number of carbonyl (C=O) groups is 1. The molecule has 0 saturated carbocycles. The fraction of sp³-hybridized carbons (Fsp3) is 0.500. The summed E-state index contributed by atoms with van der Waals surface area (Å²) in [4.78, 5) is 13.4. The number of nitrogens with zero attached hydrogens (tertiary/aromatic N) is 1. The van der Waals surface area contributed by atoms with Gasteiger partial charge in [-0.15, -0.1) is 0 Å². The number of hydrogen-bond acceptors (Lipinski definition) is 3. The third-order valence-corrected chi connectivity index (χ3v) is 3.47. The molecule has 1 aliphatic heterocycles. The Morgan fingerprint density at radius 3 is 2.89 bits per heavy atom. The monoisotopic (exact) mass is 249 g/mol. The third kappa shape index (κ3) is 2.54. The van der Waals surface area contributed by atoms with Crippen molar-refractivity contribution >= 4 is 5.97 Å². The molecule has 2 rings (SSSR count). The first-order chi connectivity index (χ1) is 8.63. The molecule has 1 aromatic rings. The first kappa shape index (κ1) is 13.1. The summed E-state index contributed by atoms with van der Waals surface area (Å²) in [6, 6.07) is 7.14. The van der Waals surface area contributed by atoms with E-state index in [2.05, 4.69) is 0 Å². The average Bonchev–Trinajstić information content (AvgIpc) is 2.37. The first-order valence-corrected chi connectivity index (χ1v) is 6.29. The predicted octanol–water partition coefficient (Wildman–Crippen LogP) is 1.30. The molecular formula is C14H19NO3. The molecule has 0 amide bonds. The Balaban J connectivity index is 2.27. The second kappa shape index (κ2) is 5.50. The Kier molecular flexibility index (Phi) is 3.99. The zero-order chi connectivity index (χ0) is 13.1. The molecule has 0 saturated heterocycles. The summed E-state index contributed by atoms with van der Waals surface area (Å²) in [5, 5.41) is 18.5. The van der Waals surface area contributed by atoms with Crippen molar-refractivity contribution in [2.24, 2.45) is 5.92 Å². The first-order valence-electron chi connectivity index (χ1n) is 6.29. The summed E-state index contributed by atoms with van der Waals surface area (Å²) in [5.74, 6) is -0.718. The van der Waals surface area contributed by atoms with Gasteiger partial charge in [-0.3, -0.25) is 9.69 Å². The quantitative estimate of drug-likeness (QED) is 0.844. The fourth-order valence-corrected chi connectivity index (χ4v) is 2.56. The average molecular weight is 249 g/mol. The highest BCUT2D eigenvalue weighted by Crippen LogP contribution is 2.30. The zero-order valence-electron chi connectivity index (χ0n) is 10.5. The van der Waals surface area contributed by atoms with Crippen LogP contribution in [0.1, 0.15) is 24.1 Å². The summed E-state index contributed by atoms with van der Waals surface area (Å²) in [6.45, 7) is 3.37. The highest BCUT2D eigenvalue weighted by atomic mass is 16.4. The lowest BCUT2D eigenvalue weighted by atomic mass is 9.92. The van der Waals surface area contributed by atoms with E-state index in [0.29, 0.717) is 6.54 Å². The van der Waals surface area contributed by atoms with Crippen molar-refractivity contribution in [2.45, 2.75) is 19.4 Å². The fourth-order valence-electron chi connectivity index (χ4n) is 2.56. The molecule has 2 N–H and O–H groups in total. The molecule has 0 aromatic heterocycles. The topological polar surface area (TPSA) is 60.8 Å². The molecule has 4 heteroatoms. The van der Waals surface area contributed by atoms with Gasteiger partial charge in [0.05, 0.1) is 0 Å². The summed E-state index contributed by atoms with van der Waals surface area (Å²) in [6.07, 6.45) is 0.873. The number of carboxylic acids is 1. The minimum Gasteiger partial charge on any atom is -0.480 e. The Morgan fingerprint density at radius 1 is 1.50 bits per heavy atom. The van der Waals surface area contributed by atoms with E-state index in [1.54, 1.807) is 0 Å². The standard InChI is InChI=1S/C14H19NO3/c1-10(9-16)8-15-7-6-11-4-2-3-5-12(11)13(15)14(17)18/h2-5,10,13,16H,6-9H2,1H3,(H,17,18). The number of aliphatic hydroxyl groups is 1. The van der Waals surface area contributed by atoms with Crippen LogP contribution in [-0.4, -0.2) is 40.8 Å². The number of carboxylic acid groups (broad SMARTS) is 1. The number of hydrogen-bond donors (Lipinski definition) is 2. The van der Waals surface area contributed by atoms with Gasteiger partial charge in [-0.2, -0.15) is 0 Å². The largest absolute Gasteiger partial charge is 0.480 e. The molecule has 0 fully saturated rings. The molecule has 0 aliphatic carbocycles. The minimum absolute atomic E-state index is 0.0878. The van der Waals surface area contributed by atoms with Gasteiger partial charge in [0.15, 0.2) is 0 Å². The molecular weight excluding hydrogens is 230 g/mol. The van der Waals surface area contributed by atoms with Crippen LogP contribution in [0.4, 0.5) is 0 Å². The second-order valence-electron chi connectivity index (χ2n) is 4.97. The number of rotatable bonds is 4. The van der Waals surface area contributed by atoms with Gasteiger partial charge in [-0.1, -0.05) is 31.2 Å². The molecule has 1 aromatic carbocycles. The van der Waals surface area contributed by atoms with Gasteiger partial charge in [-0.05, 0) is 23.5 Å². The van der Waals surface area contributed by atoms with Gasteiger partial charge in [0, 0.05) is 19.7 Å². The van der Waals surface area contributed by atoms with Crippen molar-refractivity contribution in [2.75, 3.05) is 19.7 Å². The number of aliphatic hydroxyl groups excluding tert-OH is 1. The van der Waals surface area contributed by atoms with Crippen molar-refractivity contribution in [1.82, 2.24) is 4.90 Å². The molecule has 2 atom stereocenters. The highest BCUT2D eigenvalue weighted by Gasteiger charge is 2.32. The van der Waals surface area contributed by atoms with Crippen LogP contribution in [0.3, 0.4) is 0 Å². The summed E-state index contributed by atoms with van der Waals surface area (Å²) < 4.78 is 0. The van der Waals surface area contributed by atoms with Crippen LogP contribution in [0.2, 0.25) is 0 Å². The summed E-state index contributed by atoms with van der Waals surface area (Å²) >= 11 is 0. The maximum Gasteiger partial charge on any atom is 0.325 e. The normalized spacial score (nSPS) is 21.3. The third-order valence-electron chi connectivity index (χ3n) is 3.47. The van der Waals surface area contributed by atoms with Crippen molar-refractivity contribution < 1.29 is 15.0 Å². The van der Waals surface area contributed by atoms with Crippen LogP contribution in [0.25, 0.3) is 0 Å². The van der Waals surface area contributed by atoms with E-state index in [1.165, 1.54) is 0 Å². The Bertz CT molecular complexity index is 433. The van der Waals surface area contributed by atoms with Gasteiger partial charge < -0.3 is 10.2 Å². The van der Waals surface area contributed by atoms with E-state index in [-0.39, 0.29) is 12.5 Å². The Hall–Kier alpha value is -1.39. The van der Waals surface area contributed by atoms with E-state index in [1.807, 2.05) is 36.1 Å². The van der Waals surface area contributed by atoms with Crippen LogP contribution in [0.5, 0.6) is 0 Å². The Morgan fingerprint density at radius 2 is 2.22 bits per heavy atom. The van der Waals surface area contributed by atoms with Crippen LogP contribution in [-0.2, 0) is 11.2 Å². The zero-order valence-corrected chi connectivity index (χ0v) is 10.5. The highest BCUT2D eigenvalue weighted by molar-refractivity contribution is 5.76. The summed E-state index contributed by atoms with van der Waals surface area (Å²) in [7, 11) is 0. The molecule has 0 spiro atoms. The van der Waals surface area contributed by atoms with Gasteiger partial charge in [-0.25, -0.2) is 0 Å². The van der Waals surface area contributed by atoms with Crippen molar-refractivity contribution in [3.8, 4) is 0 Å². The predicted molar refractivity (Wildman–Crippen MR) is 68.3 cm³/mol. The number of fused-ring (bicyclic) bond motifs is 1. The minimum atomic E-state index is -0.813. The van der Waals surface area contributed by atoms with Crippen LogP contribution < -0.4 is 0 Å². The van der Waals surface area contributed by atoms with Gasteiger partial charge in [0.25, 0.3) is 0 Å². The van der Waals surface area contributed by atoms with Crippen LogP contribution in [0, 0.1) is 5.92 Å². The maximum atomic E-state index is 11.5. The molecule has 1 heterocycles. The lowest BCUT2D eigenvalue weighted by Crippen LogP contribution is -2.42. The second-order valence-corrected chi connectivity index (χ2v) is 4.97. The summed E-state index contributed by atoms with van der Waals surface area (Å²) in [5.41, 5.74) is 2.01. The SMILES string of the molecule is CC(CO)CN1CCc2ccccc2C1C(=O)O. The van der Waals surface area contributed by atoms with Crippen LogP contribution >= 0.6 is 0 Å². The number of benzene rings is 1. The molecule has 18 heavy (non-hydrogen) atoms. The van der Waals surface area contributed by atoms with E-state index < -0.39 is 12.0 Å². The van der Waals surface area contributed by atoms with Gasteiger partial charge in [0.2, 0.25) is 0 Å². The van der Waals surface area contributed by atoms with E-state index in [9.17, 15) is 9.90 Å². The molecule has 1 aliphatic rings. The maximum absolute atomic E-state index is 11.5. The molecule has 4 nitrogen and oxygen atoms in total. The molecule has 98 valence electrons. The van der Waals surface area contributed by atoms with E-state index in [4.69, 9.17) is 5.11 Å². The van der Waals surface area contributed by atoms with E-state index in [0.717, 1.165) is 24.1 Å². The lowest BCUT2D eigenvalue weighted by molar-refractivity contribution is -0.144. The number of aliphatic carboxylic acids is 1. The molecule has 2 unspecified atom stereocenters. The van der Waals surface area contributed by atoms with Crippen molar-refractivity contribution in [3.05, 3.63) is 35.4 Å². The lowest BCUT2D eigenvalue weighted by Gasteiger charge is -2.35. The van der Waals surface area contributed by atoms with E-state index >= 15 is 0 Å². The van der Waals surface area contributed by atoms with Gasteiger partial charge >= 0.3 is 5.97 Å². The molecule has 0 bridgehead atoms. The van der Waals surface area contributed by atoms with Crippen molar-refractivity contribution in [1.29, 1.82) is 0 Å². The van der Waals surface area contributed by atoms with Gasteiger partial charge in [0.1, 0.15) is 6.04 Å².